The fraction of sp³-hybridized carbons (Fsp3) is 0.429. The predicted octanol–water partition coefficient (Wildman–Crippen LogP) is 0.191. The second-order valence-electron chi connectivity index (χ2n) is 2.51. The van der Waals surface area contributed by atoms with Crippen molar-refractivity contribution in [2.75, 3.05) is 18.1 Å². The third-order valence-electron chi connectivity index (χ3n) is 1.72. The van der Waals surface area contributed by atoms with Crippen LogP contribution in [0.5, 0.6) is 0 Å². The Hall–Kier alpha value is -1.16. The topological polar surface area (TPSA) is 41.1 Å². The van der Waals surface area contributed by atoms with Crippen LogP contribution in [0.3, 0.4) is 0 Å². The van der Waals surface area contributed by atoms with E-state index in [1.807, 2.05) is 12.4 Å². The molecule has 0 aromatic carbocycles. The zero-order valence-electron chi connectivity index (χ0n) is 6.20. The van der Waals surface area contributed by atoms with Crippen molar-refractivity contribution in [2.45, 2.75) is 6.42 Å². The monoisotopic (exact) mass is 150 g/mol. The van der Waals surface area contributed by atoms with Crippen LogP contribution in [-0.2, 0) is 0 Å². The molecule has 4 heteroatoms. The van der Waals surface area contributed by atoms with Crippen molar-refractivity contribution in [1.82, 2.24) is 15.4 Å². The van der Waals surface area contributed by atoms with Crippen LogP contribution in [0.1, 0.15) is 6.42 Å². The van der Waals surface area contributed by atoms with E-state index in [2.05, 4.69) is 20.4 Å². The first kappa shape index (κ1) is 6.54. The summed E-state index contributed by atoms with van der Waals surface area (Å²) >= 11 is 0. The first-order valence-corrected chi connectivity index (χ1v) is 3.73. The minimum Gasteiger partial charge on any atom is -0.305 e. The summed E-state index contributed by atoms with van der Waals surface area (Å²) in [6.45, 7) is 2.10. The number of aromatic nitrogens is 2. The van der Waals surface area contributed by atoms with Gasteiger partial charge in [-0.1, -0.05) is 0 Å². The Morgan fingerprint density at radius 1 is 1.36 bits per heavy atom. The van der Waals surface area contributed by atoms with Gasteiger partial charge in [-0.3, -0.25) is 0 Å². The van der Waals surface area contributed by atoms with Gasteiger partial charge < -0.3 is 5.01 Å². The largest absolute Gasteiger partial charge is 0.305 e. The molecule has 0 aliphatic carbocycles. The molecule has 4 nitrogen and oxygen atoms in total. The van der Waals surface area contributed by atoms with Crippen LogP contribution in [0.25, 0.3) is 0 Å². The van der Waals surface area contributed by atoms with Crippen LogP contribution in [0.15, 0.2) is 18.7 Å². The average Bonchev–Trinajstić information content (AvgIpc) is 2.58. The summed E-state index contributed by atoms with van der Waals surface area (Å²) in [5, 5.41) is 2.07. The number of hydrazine groups is 1. The zero-order chi connectivity index (χ0) is 7.52. The highest BCUT2D eigenvalue weighted by Crippen LogP contribution is 2.10. The Balaban J connectivity index is 2.16. The highest BCUT2D eigenvalue weighted by molar-refractivity contribution is 5.40. The predicted molar refractivity (Wildman–Crippen MR) is 42.0 cm³/mol. The Morgan fingerprint density at radius 3 is 2.82 bits per heavy atom. The van der Waals surface area contributed by atoms with Gasteiger partial charge >= 0.3 is 0 Å². The Labute approximate surface area is 65.2 Å². The van der Waals surface area contributed by atoms with E-state index in [4.69, 9.17) is 0 Å². The number of nitrogens with zero attached hydrogens (tertiary/aromatic N) is 3. The molecule has 0 bridgehead atoms. The molecule has 58 valence electrons. The number of hydrogen-bond acceptors (Lipinski definition) is 4. The van der Waals surface area contributed by atoms with E-state index < -0.39 is 0 Å². The molecule has 11 heavy (non-hydrogen) atoms. The molecule has 1 N–H and O–H groups in total. The maximum Gasteiger partial charge on any atom is 0.115 e. The van der Waals surface area contributed by atoms with Crippen LogP contribution in [-0.4, -0.2) is 23.1 Å². The molecule has 1 aromatic heterocycles. The summed E-state index contributed by atoms with van der Waals surface area (Å²) in [5.41, 5.74) is 4.27. The molecular formula is C7H10N4. The van der Waals surface area contributed by atoms with E-state index in [0.717, 1.165) is 18.8 Å². The maximum absolute atomic E-state index is 3.94. The standard InChI is InChI=1S/C7H10N4/c1-2-10-11(3-1)7-4-8-6-9-5-7/h4-6,10H,1-3H2. The molecule has 0 atom stereocenters. The number of nitrogens with one attached hydrogen (secondary N) is 1. The van der Waals surface area contributed by atoms with E-state index in [-0.39, 0.29) is 0 Å². The Bertz CT molecular complexity index is 217. The summed E-state index contributed by atoms with van der Waals surface area (Å²) in [6, 6.07) is 0. The Kier molecular flexibility index (Phi) is 1.69. The van der Waals surface area contributed by atoms with Crippen molar-refractivity contribution in [3.8, 4) is 0 Å². The molecule has 1 saturated heterocycles. The zero-order valence-corrected chi connectivity index (χ0v) is 6.20. The highest BCUT2D eigenvalue weighted by atomic mass is 15.5. The third kappa shape index (κ3) is 1.30. The molecule has 0 amide bonds. The summed E-state index contributed by atoms with van der Waals surface area (Å²) in [5.74, 6) is 0. The molecule has 0 spiro atoms. The van der Waals surface area contributed by atoms with E-state index >= 15 is 0 Å². The lowest BCUT2D eigenvalue weighted by atomic mass is 10.4. The summed E-state index contributed by atoms with van der Waals surface area (Å²) in [4.78, 5) is 7.87. The average molecular weight is 150 g/mol. The van der Waals surface area contributed by atoms with Gasteiger partial charge in [0.05, 0.1) is 18.1 Å². The molecule has 1 aliphatic heterocycles. The first-order valence-electron chi connectivity index (χ1n) is 3.73. The SMILES string of the molecule is c1ncc(N2CCCN2)cn1. The fourth-order valence-electron chi connectivity index (χ4n) is 1.18. The summed E-state index contributed by atoms with van der Waals surface area (Å²) < 4.78 is 0. The normalized spacial score (nSPS) is 17.3. The van der Waals surface area contributed by atoms with Crippen LogP contribution >= 0.6 is 0 Å². The van der Waals surface area contributed by atoms with Gasteiger partial charge in [0.2, 0.25) is 0 Å². The molecule has 1 fully saturated rings. The fourth-order valence-corrected chi connectivity index (χ4v) is 1.18. The van der Waals surface area contributed by atoms with Crippen molar-refractivity contribution >= 4 is 5.69 Å². The first-order chi connectivity index (χ1) is 5.47. The van der Waals surface area contributed by atoms with Crippen LogP contribution in [0, 0.1) is 0 Å². The van der Waals surface area contributed by atoms with Gasteiger partial charge in [-0.2, -0.15) is 0 Å². The number of rotatable bonds is 1. The maximum atomic E-state index is 3.94. The second-order valence-corrected chi connectivity index (χ2v) is 2.51. The van der Waals surface area contributed by atoms with E-state index in [1.165, 1.54) is 6.42 Å². The van der Waals surface area contributed by atoms with Gasteiger partial charge in [-0.15, -0.1) is 0 Å². The van der Waals surface area contributed by atoms with Gasteiger partial charge in [0.15, 0.2) is 0 Å². The van der Waals surface area contributed by atoms with Gasteiger partial charge in [0, 0.05) is 13.1 Å². The highest BCUT2D eigenvalue weighted by Gasteiger charge is 2.10. The summed E-state index contributed by atoms with van der Waals surface area (Å²) in [6.07, 6.45) is 6.35. The molecule has 1 aliphatic rings. The molecule has 1 aromatic rings. The smallest absolute Gasteiger partial charge is 0.115 e. The van der Waals surface area contributed by atoms with Crippen molar-refractivity contribution < 1.29 is 0 Å². The molecule has 2 rings (SSSR count). The van der Waals surface area contributed by atoms with Crippen LogP contribution in [0.4, 0.5) is 5.69 Å². The lowest BCUT2D eigenvalue weighted by Crippen LogP contribution is -2.30. The number of anilines is 1. The summed E-state index contributed by atoms with van der Waals surface area (Å²) in [7, 11) is 0. The van der Waals surface area contributed by atoms with E-state index in [1.54, 1.807) is 6.33 Å². The van der Waals surface area contributed by atoms with Gasteiger partial charge in [0.1, 0.15) is 6.33 Å². The molecule has 0 radical (unpaired) electrons. The van der Waals surface area contributed by atoms with Gasteiger partial charge in [-0.25, -0.2) is 15.4 Å². The lowest BCUT2D eigenvalue weighted by molar-refractivity contribution is 0.782. The molecule has 2 heterocycles. The Morgan fingerprint density at radius 2 is 2.18 bits per heavy atom. The molecule has 0 unspecified atom stereocenters. The van der Waals surface area contributed by atoms with Crippen LogP contribution < -0.4 is 10.4 Å². The van der Waals surface area contributed by atoms with Crippen molar-refractivity contribution in [3.05, 3.63) is 18.7 Å². The third-order valence-corrected chi connectivity index (χ3v) is 1.72. The quantitative estimate of drug-likeness (QED) is 0.620. The minimum atomic E-state index is 1.05. The van der Waals surface area contributed by atoms with Crippen molar-refractivity contribution in [1.29, 1.82) is 0 Å². The van der Waals surface area contributed by atoms with Gasteiger partial charge in [-0.05, 0) is 6.42 Å². The number of hydrogen-bond donors (Lipinski definition) is 1. The second kappa shape index (κ2) is 2.84. The van der Waals surface area contributed by atoms with Crippen LogP contribution in [0.2, 0.25) is 0 Å². The molecule has 0 saturated carbocycles. The van der Waals surface area contributed by atoms with Crippen molar-refractivity contribution in [2.24, 2.45) is 0 Å². The minimum absolute atomic E-state index is 1.05. The van der Waals surface area contributed by atoms with E-state index in [9.17, 15) is 0 Å². The van der Waals surface area contributed by atoms with Gasteiger partial charge in [0.25, 0.3) is 0 Å². The molecular weight excluding hydrogens is 140 g/mol. The van der Waals surface area contributed by atoms with E-state index in [0.29, 0.717) is 0 Å². The lowest BCUT2D eigenvalue weighted by Gasteiger charge is -2.15. The van der Waals surface area contributed by atoms with Crippen molar-refractivity contribution in [3.63, 3.8) is 0 Å².